The Balaban J connectivity index is 0.000000155. The van der Waals surface area contributed by atoms with Crippen LogP contribution in [0.1, 0.15) is 11.1 Å². The first kappa shape index (κ1) is 49.0. The molecule has 0 saturated carbocycles. The summed E-state index contributed by atoms with van der Waals surface area (Å²) in [7, 11) is -5.99. The van der Waals surface area contributed by atoms with Gasteiger partial charge in [0.2, 0.25) is 11.6 Å². The zero-order valence-corrected chi connectivity index (χ0v) is 38.0. The van der Waals surface area contributed by atoms with Gasteiger partial charge in [0.25, 0.3) is 0 Å². The van der Waals surface area contributed by atoms with Crippen molar-refractivity contribution in [2.45, 2.75) is 13.2 Å². The van der Waals surface area contributed by atoms with E-state index in [9.17, 15) is 51.3 Å². The molecule has 6 aromatic carbocycles. The van der Waals surface area contributed by atoms with E-state index < -0.39 is 54.1 Å². The maximum Gasteiger partial charge on any atom is 0.346 e. The molecular formula is C46H41F5N6O10P2. The monoisotopic (exact) mass is 994 g/mol. The molecule has 69 heavy (non-hydrogen) atoms. The third kappa shape index (κ3) is 12.3. The second-order valence-electron chi connectivity index (χ2n) is 15.9. The SMILES string of the molecule is O=[N+]([O-])c1ccc(COP(=O)(N2CC2)N2CC2)cc1F.O=[N+]([O-])c1ccc(COP(=O)(N2CC2)N2CC2)cc1Oc1ccc(-c2ccc(F)cc2)c(F)c1.Oc1ccc(-c2ccc(F)cc2)c(F)c1. The maximum atomic E-state index is 14.7. The second-order valence-corrected chi connectivity index (χ2v) is 20.6. The van der Waals surface area contributed by atoms with Gasteiger partial charge < -0.3 is 18.9 Å². The number of hydrogen-bond acceptors (Lipinski definition) is 10. The summed E-state index contributed by atoms with van der Waals surface area (Å²) in [5.41, 5.74) is 1.73. The van der Waals surface area contributed by atoms with Crippen molar-refractivity contribution in [1.82, 2.24) is 18.7 Å². The number of nitro groups is 2. The number of ether oxygens (including phenoxy) is 1. The minimum atomic E-state index is -3.04. The Morgan fingerprint density at radius 2 is 0.928 bits per heavy atom. The van der Waals surface area contributed by atoms with E-state index in [0.717, 1.165) is 50.4 Å². The fourth-order valence-electron chi connectivity index (χ4n) is 6.78. The lowest BCUT2D eigenvalue weighted by molar-refractivity contribution is -0.387. The molecule has 4 fully saturated rings. The van der Waals surface area contributed by atoms with Gasteiger partial charge in [0, 0.05) is 87.8 Å². The summed E-state index contributed by atoms with van der Waals surface area (Å²) >= 11 is 0. The van der Waals surface area contributed by atoms with Crippen LogP contribution in [-0.4, -0.2) is 86.0 Å². The van der Waals surface area contributed by atoms with Gasteiger partial charge in [-0.25, -0.2) is 36.2 Å². The summed E-state index contributed by atoms with van der Waals surface area (Å²) in [6, 6.07) is 26.6. The predicted octanol–water partition coefficient (Wildman–Crippen LogP) is 10.9. The van der Waals surface area contributed by atoms with Crippen LogP contribution in [0, 0.1) is 49.3 Å². The topological polar surface area (TPSA) is 180 Å². The largest absolute Gasteiger partial charge is 0.508 e. The number of phenols is 1. The molecule has 0 amide bonds. The van der Waals surface area contributed by atoms with Crippen molar-refractivity contribution in [2.24, 2.45) is 0 Å². The molecule has 0 bridgehead atoms. The molecule has 0 unspecified atom stereocenters. The molecule has 4 aliphatic heterocycles. The highest BCUT2D eigenvalue weighted by Crippen LogP contribution is 2.62. The van der Waals surface area contributed by atoms with Crippen LogP contribution in [0.25, 0.3) is 22.3 Å². The van der Waals surface area contributed by atoms with Crippen molar-refractivity contribution in [1.29, 1.82) is 0 Å². The van der Waals surface area contributed by atoms with Crippen LogP contribution in [0.4, 0.5) is 33.3 Å². The minimum Gasteiger partial charge on any atom is -0.508 e. The number of rotatable bonds is 16. The minimum absolute atomic E-state index is 0.0174. The van der Waals surface area contributed by atoms with Gasteiger partial charge in [-0.1, -0.05) is 24.3 Å². The molecule has 0 radical (unpaired) electrons. The molecule has 16 nitrogen and oxygen atoms in total. The van der Waals surface area contributed by atoms with Crippen LogP contribution in [-0.2, 0) is 31.4 Å². The molecule has 0 aliphatic carbocycles. The molecule has 6 aromatic rings. The Bertz CT molecular complexity index is 2950. The Morgan fingerprint density at radius 1 is 0.507 bits per heavy atom. The first-order chi connectivity index (χ1) is 33.0. The van der Waals surface area contributed by atoms with E-state index in [1.165, 1.54) is 97.1 Å². The molecule has 0 spiro atoms. The van der Waals surface area contributed by atoms with E-state index >= 15 is 0 Å². The van der Waals surface area contributed by atoms with Gasteiger partial charge in [0.15, 0.2) is 0 Å². The number of hydrogen-bond donors (Lipinski definition) is 1. The van der Waals surface area contributed by atoms with Gasteiger partial charge in [-0.3, -0.25) is 29.4 Å². The van der Waals surface area contributed by atoms with Gasteiger partial charge in [-0.15, -0.1) is 0 Å². The number of benzene rings is 6. The third-order valence-electron chi connectivity index (χ3n) is 10.8. The Morgan fingerprint density at radius 3 is 1.33 bits per heavy atom. The average molecular weight is 995 g/mol. The molecule has 360 valence electrons. The third-order valence-corrected chi connectivity index (χ3v) is 16.2. The van der Waals surface area contributed by atoms with Crippen molar-refractivity contribution in [3.8, 4) is 39.5 Å². The molecule has 0 atom stereocenters. The standard InChI is InChI=1S/C23H20F2N3O5P.C12H8F2O.C11H13FN3O4P/c24-18-4-2-17(3-5-18)20-7-6-19(14-21(20)25)33-23-13-16(1-8-22(23)28(29)30)15-32-34(31,26-9-10-26)27-11-12-27;13-9-3-1-8(2-4-9)11-6-5-10(15)7-12(11)14;12-10-7-9(1-2-11(10)15(16)17)8-19-20(18,13-3-4-13)14-5-6-14/h1-8,13-14H,9-12,15H2;1-7,15H;1-2,7H,3-6,8H2. The molecule has 4 aliphatic rings. The van der Waals surface area contributed by atoms with Crippen molar-refractivity contribution in [3.05, 3.63) is 182 Å². The summed E-state index contributed by atoms with van der Waals surface area (Å²) in [4.78, 5) is 20.6. The number of halogens is 5. The van der Waals surface area contributed by atoms with E-state index in [2.05, 4.69) is 0 Å². The molecule has 0 aromatic heterocycles. The fourth-order valence-corrected chi connectivity index (χ4v) is 11.2. The van der Waals surface area contributed by atoms with Crippen LogP contribution in [0.2, 0.25) is 0 Å². The van der Waals surface area contributed by atoms with Gasteiger partial charge in [0.1, 0.15) is 34.8 Å². The van der Waals surface area contributed by atoms with E-state index in [0.29, 0.717) is 54.0 Å². The maximum absolute atomic E-state index is 14.7. The average Bonchev–Trinajstić information content (AvgIpc) is 4.11. The Labute approximate surface area is 391 Å². The molecule has 23 heteroatoms. The van der Waals surface area contributed by atoms with Crippen molar-refractivity contribution in [3.63, 3.8) is 0 Å². The summed E-state index contributed by atoms with van der Waals surface area (Å²) in [5, 5.41) is 31.1. The highest BCUT2D eigenvalue weighted by molar-refractivity contribution is 7.54. The van der Waals surface area contributed by atoms with E-state index in [1.54, 1.807) is 18.7 Å². The van der Waals surface area contributed by atoms with Crippen LogP contribution < -0.4 is 4.74 Å². The number of nitrogens with zero attached hydrogens (tertiary/aromatic N) is 6. The summed E-state index contributed by atoms with van der Waals surface area (Å²) in [5.74, 6) is -3.01. The first-order valence-corrected chi connectivity index (χ1v) is 24.3. The molecule has 1 N–H and O–H groups in total. The zero-order valence-electron chi connectivity index (χ0n) is 36.2. The predicted molar refractivity (Wildman–Crippen MR) is 243 cm³/mol. The van der Waals surface area contributed by atoms with Crippen molar-refractivity contribution < 1.29 is 59.8 Å². The number of phenolic OH excluding ortho intramolecular Hbond substituents is 1. The number of aromatic hydroxyl groups is 1. The molecular weight excluding hydrogens is 953 g/mol. The van der Waals surface area contributed by atoms with Gasteiger partial charge in [-0.2, -0.15) is 4.39 Å². The van der Waals surface area contributed by atoms with Crippen molar-refractivity contribution in [2.75, 3.05) is 52.4 Å². The van der Waals surface area contributed by atoms with E-state index in [1.807, 2.05) is 0 Å². The Hall–Kier alpha value is -6.41. The molecule has 10 rings (SSSR count). The van der Waals surface area contributed by atoms with Crippen LogP contribution in [0.5, 0.6) is 17.2 Å². The lowest BCUT2D eigenvalue weighted by atomic mass is 10.0. The highest BCUT2D eigenvalue weighted by atomic mass is 31.2. The van der Waals surface area contributed by atoms with Crippen molar-refractivity contribution >= 4 is 26.7 Å². The lowest BCUT2D eigenvalue weighted by Crippen LogP contribution is -2.08. The summed E-state index contributed by atoms with van der Waals surface area (Å²) in [6.07, 6.45) is 0. The lowest BCUT2D eigenvalue weighted by Gasteiger charge is -2.19. The second kappa shape index (κ2) is 20.7. The zero-order chi connectivity index (χ0) is 49.0. The normalized spacial score (nSPS) is 15.6. The first-order valence-electron chi connectivity index (χ1n) is 21.2. The van der Waals surface area contributed by atoms with Crippen LogP contribution in [0.3, 0.4) is 0 Å². The van der Waals surface area contributed by atoms with Gasteiger partial charge in [-0.05, 0) is 95.1 Å². The highest BCUT2D eigenvalue weighted by Gasteiger charge is 2.50. The molecule has 4 heterocycles. The summed E-state index contributed by atoms with van der Waals surface area (Å²) < 4.78 is 117. The van der Waals surface area contributed by atoms with E-state index in [4.69, 9.17) is 18.9 Å². The van der Waals surface area contributed by atoms with Crippen LogP contribution >= 0.6 is 15.3 Å². The smallest absolute Gasteiger partial charge is 0.346 e. The summed E-state index contributed by atoms with van der Waals surface area (Å²) in [6.45, 7) is 5.75. The van der Waals surface area contributed by atoms with Gasteiger partial charge in [0.05, 0.1) is 23.1 Å². The Kier molecular flexibility index (Phi) is 14.7. The molecule has 4 saturated heterocycles. The fraction of sp³-hybridized carbons (Fsp3) is 0.217. The number of nitro benzene ring substituents is 2. The van der Waals surface area contributed by atoms with E-state index in [-0.39, 0.29) is 47.5 Å². The van der Waals surface area contributed by atoms with Gasteiger partial charge >= 0.3 is 26.7 Å². The van der Waals surface area contributed by atoms with Crippen LogP contribution in [0.15, 0.2) is 121 Å². The quantitative estimate of drug-likeness (QED) is 0.0318.